The molecule has 0 aliphatic carbocycles. The number of nitrogens with one attached hydrogen (secondary N) is 2. The topological polar surface area (TPSA) is 109 Å². The number of amides is 2. The van der Waals surface area contributed by atoms with Crippen molar-refractivity contribution < 1.29 is 19.1 Å². The normalized spacial score (nSPS) is 21.8. The molecule has 2 aromatic rings. The van der Waals surface area contributed by atoms with Gasteiger partial charge in [-0.05, 0) is 26.0 Å². The zero-order valence-corrected chi connectivity index (χ0v) is 15.9. The first-order chi connectivity index (χ1) is 13.4. The lowest BCUT2D eigenvalue weighted by Crippen LogP contribution is -2.32. The quantitative estimate of drug-likeness (QED) is 0.713. The van der Waals surface area contributed by atoms with Crippen molar-refractivity contribution in [1.29, 1.82) is 0 Å². The van der Waals surface area contributed by atoms with E-state index in [1.807, 2.05) is 13.8 Å². The van der Waals surface area contributed by atoms with Gasteiger partial charge in [-0.15, -0.1) is 0 Å². The van der Waals surface area contributed by atoms with Gasteiger partial charge < -0.3 is 24.7 Å². The second-order valence-electron chi connectivity index (χ2n) is 6.93. The second-order valence-corrected chi connectivity index (χ2v) is 6.93. The summed E-state index contributed by atoms with van der Waals surface area (Å²) in [5.41, 5.74) is 3.16. The first-order valence-corrected chi connectivity index (χ1v) is 9.02. The summed E-state index contributed by atoms with van der Waals surface area (Å²) < 4.78 is 11.3. The average Bonchev–Trinajstić information content (AvgIpc) is 3.18. The van der Waals surface area contributed by atoms with Crippen LogP contribution in [0.2, 0.25) is 0 Å². The van der Waals surface area contributed by atoms with Gasteiger partial charge in [-0.1, -0.05) is 0 Å². The van der Waals surface area contributed by atoms with Gasteiger partial charge in [0.05, 0.1) is 41.4 Å². The summed E-state index contributed by atoms with van der Waals surface area (Å²) >= 11 is 0. The van der Waals surface area contributed by atoms with Gasteiger partial charge in [0.25, 0.3) is 11.8 Å². The molecule has 0 fully saturated rings. The molecule has 9 heteroatoms. The molecule has 2 amide bonds. The van der Waals surface area contributed by atoms with Crippen LogP contribution in [0.3, 0.4) is 0 Å². The maximum atomic E-state index is 12.9. The van der Waals surface area contributed by atoms with E-state index >= 15 is 0 Å². The van der Waals surface area contributed by atoms with Crippen molar-refractivity contribution in [2.75, 3.05) is 32.1 Å². The average molecular weight is 383 g/mol. The van der Waals surface area contributed by atoms with Crippen LogP contribution in [0.4, 0.5) is 5.69 Å². The molecular weight excluding hydrogens is 362 g/mol. The van der Waals surface area contributed by atoms with Crippen molar-refractivity contribution in [3.63, 3.8) is 0 Å². The fourth-order valence-electron chi connectivity index (χ4n) is 3.15. The van der Waals surface area contributed by atoms with Crippen LogP contribution in [0.15, 0.2) is 12.3 Å². The van der Waals surface area contributed by atoms with Gasteiger partial charge in [0.2, 0.25) is 0 Å². The molecule has 0 spiro atoms. The number of aromatic amines is 1. The number of hydrogen-bond acceptors (Lipinski definition) is 6. The number of aryl methyl sites for hydroxylation is 1. The summed E-state index contributed by atoms with van der Waals surface area (Å²) in [5.74, 6) is -0.456. The molecule has 28 heavy (non-hydrogen) atoms. The van der Waals surface area contributed by atoms with Crippen LogP contribution in [0.5, 0.6) is 6.01 Å². The van der Waals surface area contributed by atoms with E-state index in [9.17, 15) is 9.59 Å². The van der Waals surface area contributed by atoms with E-state index in [0.717, 1.165) is 5.69 Å². The molecule has 0 unspecified atom stereocenters. The third-order valence-corrected chi connectivity index (χ3v) is 4.64. The van der Waals surface area contributed by atoms with Crippen LogP contribution in [-0.2, 0) is 9.53 Å². The van der Waals surface area contributed by atoms with Crippen molar-refractivity contribution in [2.24, 2.45) is 0 Å². The standard InChI is InChI=1S/C19H21N5O4/c1-10-6-12-14(21-10)7-13-16-15(22-17(13)25)8-20-19(23-16)28-9-11(2)27-5-4-24(3)18(12)26/h6-8,11,21H,4-5,9H2,1-3H3,(H,22,25)/b13-7-/t11-/m0/s1. The molecule has 0 radical (unpaired) electrons. The van der Waals surface area contributed by atoms with Crippen LogP contribution in [0.25, 0.3) is 11.6 Å². The van der Waals surface area contributed by atoms with E-state index in [1.165, 1.54) is 6.20 Å². The van der Waals surface area contributed by atoms with Crippen LogP contribution in [-0.4, -0.2) is 64.6 Å². The summed E-state index contributed by atoms with van der Waals surface area (Å²) in [6, 6.07) is 1.94. The number of fused-ring (bicyclic) bond motifs is 2. The number of likely N-dealkylation sites (N-methyl/N-ethyl adjacent to an activating group) is 1. The Kier molecular flexibility index (Phi) is 4.60. The van der Waals surface area contributed by atoms with Gasteiger partial charge in [-0.25, -0.2) is 4.98 Å². The monoisotopic (exact) mass is 383 g/mol. The Labute approximate surface area is 161 Å². The Hall–Kier alpha value is -3.20. The number of aromatic nitrogens is 3. The lowest BCUT2D eigenvalue weighted by molar-refractivity contribution is -0.110. The van der Waals surface area contributed by atoms with Gasteiger partial charge in [-0.3, -0.25) is 9.59 Å². The van der Waals surface area contributed by atoms with Crippen molar-refractivity contribution in [3.05, 3.63) is 34.9 Å². The molecule has 2 N–H and O–H groups in total. The second kappa shape index (κ2) is 7.08. The number of carbonyl (C=O) groups excluding carboxylic acids is 2. The molecule has 2 bridgehead atoms. The van der Waals surface area contributed by atoms with Crippen molar-refractivity contribution in [3.8, 4) is 6.01 Å². The molecule has 2 aliphatic rings. The number of rotatable bonds is 0. The first-order valence-electron chi connectivity index (χ1n) is 9.02. The zero-order chi connectivity index (χ0) is 19.8. The smallest absolute Gasteiger partial charge is 0.317 e. The van der Waals surface area contributed by atoms with E-state index in [1.54, 1.807) is 24.1 Å². The third kappa shape index (κ3) is 3.36. The highest BCUT2D eigenvalue weighted by Crippen LogP contribution is 2.32. The van der Waals surface area contributed by atoms with E-state index in [-0.39, 0.29) is 30.5 Å². The van der Waals surface area contributed by atoms with Crippen molar-refractivity contribution in [2.45, 2.75) is 20.0 Å². The number of ether oxygens (including phenoxy) is 2. The SMILES string of the molecule is Cc1cc2c([nH]1)/C=C1\C(=O)Nc3cnc(nc31)OC[C@H](C)OCCN(C)C2=O. The molecule has 0 saturated heterocycles. The lowest BCUT2D eigenvalue weighted by atomic mass is 10.1. The summed E-state index contributed by atoms with van der Waals surface area (Å²) in [4.78, 5) is 38.6. The highest BCUT2D eigenvalue weighted by Gasteiger charge is 2.28. The minimum absolute atomic E-state index is 0.152. The maximum Gasteiger partial charge on any atom is 0.317 e. The van der Waals surface area contributed by atoms with Gasteiger partial charge in [-0.2, -0.15) is 4.98 Å². The number of anilines is 1. The molecule has 2 aliphatic heterocycles. The van der Waals surface area contributed by atoms with E-state index in [0.29, 0.717) is 41.4 Å². The number of H-pyrrole nitrogens is 1. The van der Waals surface area contributed by atoms with E-state index in [4.69, 9.17) is 9.47 Å². The molecule has 2 aromatic heterocycles. The van der Waals surface area contributed by atoms with E-state index < -0.39 is 0 Å². The molecule has 4 rings (SSSR count). The van der Waals surface area contributed by atoms with Crippen LogP contribution in [0.1, 0.15) is 34.4 Å². The van der Waals surface area contributed by atoms with Crippen LogP contribution in [0, 0.1) is 6.92 Å². The summed E-state index contributed by atoms with van der Waals surface area (Å²) in [6.45, 7) is 4.80. The predicted molar refractivity (Wildman–Crippen MR) is 102 cm³/mol. The predicted octanol–water partition coefficient (Wildman–Crippen LogP) is 1.48. The minimum Gasteiger partial charge on any atom is -0.461 e. The van der Waals surface area contributed by atoms with E-state index in [2.05, 4.69) is 20.3 Å². The number of hydrogen-bond donors (Lipinski definition) is 2. The van der Waals surface area contributed by atoms with Gasteiger partial charge >= 0.3 is 6.01 Å². The molecular formula is C19H21N5O4. The Morgan fingerprint density at radius 2 is 2.14 bits per heavy atom. The zero-order valence-electron chi connectivity index (χ0n) is 15.9. The number of nitrogens with zero attached hydrogens (tertiary/aromatic N) is 3. The van der Waals surface area contributed by atoms with Crippen molar-refractivity contribution >= 4 is 29.2 Å². The molecule has 4 heterocycles. The summed E-state index contributed by atoms with van der Waals surface area (Å²) in [6.07, 6.45) is 2.95. The molecule has 0 aromatic carbocycles. The highest BCUT2D eigenvalue weighted by atomic mass is 16.5. The molecule has 0 saturated carbocycles. The molecule has 146 valence electrons. The largest absolute Gasteiger partial charge is 0.461 e. The van der Waals surface area contributed by atoms with Gasteiger partial charge in [0.15, 0.2) is 0 Å². The first kappa shape index (κ1) is 18.2. The summed E-state index contributed by atoms with van der Waals surface area (Å²) in [5, 5.41) is 2.74. The minimum atomic E-state index is -0.304. The lowest BCUT2D eigenvalue weighted by Gasteiger charge is -2.19. The number of carbonyl (C=O) groups is 2. The Bertz CT molecular complexity index is 981. The fraction of sp³-hybridized carbons (Fsp3) is 0.368. The Balaban J connectivity index is 1.83. The Morgan fingerprint density at radius 3 is 2.96 bits per heavy atom. The maximum absolute atomic E-state index is 12.9. The Morgan fingerprint density at radius 1 is 1.32 bits per heavy atom. The van der Waals surface area contributed by atoms with Gasteiger partial charge in [0, 0.05) is 19.3 Å². The summed E-state index contributed by atoms with van der Waals surface area (Å²) in [7, 11) is 1.72. The fourth-order valence-corrected chi connectivity index (χ4v) is 3.15. The van der Waals surface area contributed by atoms with Crippen molar-refractivity contribution in [1.82, 2.24) is 19.9 Å². The molecule has 9 nitrogen and oxygen atoms in total. The third-order valence-electron chi connectivity index (χ3n) is 4.64. The highest BCUT2D eigenvalue weighted by molar-refractivity contribution is 6.34. The van der Waals surface area contributed by atoms with Crippen LogP contribution >= 0.6 is 0 Å². The van der Waals surface area contributed by atoms with Crippen LogP contribution < -0.4 is 10.1 Å². The molecule has 1 atom stereocenters. The van der Waals surface area contributed by atoms with Gasteiger partial charge in [0.1, 0.15) is 12.3 Å².